The molecule has 1 aromatic carbocycles. The highest BCUT2D eigenvalue weighted by atomic mass is 35.5. The minimum Gasteiger partial charge on any atom is -0.497 e. The smallest absolute Gasteiger partial charge is 0.120 e. The van der Waals surface area contributed by atoms with E-state index < -0.39 is 0 Å². The lowest BCUT2D eigenvalue weighted by Gasteiger charge is -2.22. The molecule has 0 saturated heterocycles. The number of methoxy groups -OCH3 is 1. The first kappa shape index (κ1) is 19.5. The van der Waals surface area contributed by atoms with E-state index >= 15 is 0 Å². The highest BCUT2D eigenvalue weighted by molar-refractivity contribution is 6.33. The van der Waals surface area contributed by atoms with Crippen molar-refractivity contribution in [2.24, 2.45) is 0 Å². The molecule has 2 heterocycles. The molecule has 3 rings (SSSR count). The first-order valence-corrected chi connectivity index (χ1v) is 9.67. The number of aryl methyl sites for hydroxylation is 1. The molecule has 2 aromatic heterocycles. The quantitative estimate of drug-likeness (QED) is 0.515. The van der Waals surface area contributed by atoms with Crippen LogP contribution in [0.15, 0.2) is 36.4 Å². The molecule has 0 fully saturated rings. The summed E-state index contributed by atoms with van der Waals surface area (Å²) in [5.74, 6) is 0.717. The molecule has 0 unspecified atom stereocenters. The summed E-state index contributed by atoms with van der Waals surface area (Å²) in [7, 11) is 1.62. The number of alkyl halides is 1. The van der Waals surface area contributed by atoms with Crippen LogP contribution >= 0.6 is 11.6 Å². The lowest BCUT2D eigenvalue weighted by atomic mass is 10.1. The summed E-state index contributed by atoms with van der Waals surface area (Å²) in [5.41, 5.74) is 4.92. The van der Waals surface area contributed by atoms with Crippen molar-refractivity contribution in [2.45, 2.75) is 26.7 Å². The van der Waals surface area contributed by atoms with Crippen molar-refractivity contribution in [2.75, 3.05) is 31.8 Å². The first-order chi connectivity index (χ1) is 13.1. The van der Waals surface area contributed by atoms with Gasteiger partial charge in [-0.3, -0.25) is 4.39 Å². The van der Waals surface area contributed by atoms with E-state index in [1.165, 1.54) is 0 Å². The number of ether oxygens (including phenoxy) is 1. The standard InChI is InChI=1S/C21H25ClFN3O/c1-4-18-21(25(5-2)13-7-12-23)20-9-6-8-19(26(20)24-18)16-11-10-15(27-3)14-17(16)22/h6,8-11,14H,4-5,7,12-13H2,1-3H3. The van der Waals surface area contributed by atoms with E-state index in [1.807, 2.05) is 28.8 Å². The maximum atomic E-state index is 12.7. The fourth-order valence-corrected chi connectivity index (χ4v) is 3.67. The molecule has 0 radical (unpaired) electrons. The molecule has 0 amide bonds. The third kappa shape index (κ3) is 3.74. The van der Waals surface area contributed by atoms with Crippen LogP contribution in [0.5, 0.6) is 5.75 Å². The number of anilines is 1. The van der Waals surface area contributed by atoms with Crippen LogP contribution in [0, 0.1) is 0 Å². The molecular weight excluding hydrogens is 365 g/mol. The van der Waals surface area contributed by atoms with Crippen LogP contribution in [-0.4, -0.2) is 36.5 Å². The summed E-state index contributed by atoms with van der Waals surface area (Å²) < 4.78 is 19.9. The maximum absolute atomic E-state index is 12.7. The highest BCUT2D eigenvalue weighted by Gasteiger charge is 2.19. The maximum Gasteiger partial charge on any atom is 0.120 e. The normalized spacial score (nSPS) is 11.1. The number of rotatable bonds is 8. The molecule has 0 aliphatic heterocycles. The van der Waals surface area contributed by atoms with Gasteiger partial charge < -0.3 is 9.64 Å². The summed E-state index contributed by atoms with van der Waals surface area (Å²) in [4.78, 5) is 2.21. The zero-order chi connectivity index (χ0) is 19.4. The zero-order valence-electron chi connectivity index (χ0n) is 16.0. The largest absolute Gasteiger partial charge is 0.497 e. The van der Waals surface area contributed by atoms with E-state index in [-0.39, 0.29) is 6.67 Å². The van der Waals surface area contributed by atoms with E-state index in [4.69, 9.17) is 21.4 Å². The van der Waals surface area contributed by atoms with Crippen LogP contribution < -0.4 is 9.64 Å². The number of aromatic nitrogens is 2. The van der Waals surface area contributed by atoms with E-state index in [2.05, 4.69) is 24.8 Å². The minimum atomic E-state index is -0.316. The van der Waals surface area contributed by atoms with E-state index in [9.17, 15) is 4.39 Å². The predicted octanol–water partition coefficient (Wildman–Crippen LogP) is 5.41. The number of fused-ring (bicyclic) bond motifs is 1. The van der Waals surface area contributed by atoms with E-state index in [1.54, 1.807) is 13.2 Å². The molecule has 3 aromatic rings. The number of hydrogen-bond acceptors (Lipinski definition) is 3. The van der Waals surface area contributed by atoms with Gasteiger partial charge in [-0.25, -0.2) is 4.52 Å². The molecule has 0 N–H and O–H groups in total. The number of benzene rings is 1. The van der Waals surface area contributed by atoms with Gasteiger partial charge in [-0.1, -0.05) is 24.6 Å². The second-order valence-corrected chi connectivity index (χ2v) is 6.73. The first-order valence-electron chi connectivity index (χ1n) is 9.30. The van der Waals surface area contributed by atoms with Gasteiger partial charge in [0.25, 0.3) is 0 Å². The summed E-state index contributed by atoms with van der Waals surface area (Å²) >= 11 is 6.51. The van der Waals surface area contributed by atoms with Crippen LogP contribution in [-0.2, 0) is 6.42 Å². The Morgan fingerprint density at radius 2 is 2.04 bits per heavy atom. The van der Waals surface area contributed by atoms with Crippen LogP contribution in [0.4, 0.5) is 10.1 Å². The van der Waals surface area contributed by atoms with Crippen molar-refractivity contribution in [1.82, 2.24) is 9.61 Å². The number of pyridine rings is 1. The van der Waals surface area contributed by atoms with Gasteiger partial charge in [-0.15, -0.1) is 0 Å². The Labute approximate surface area is 164 Å². The molecule has 0 spiro atoms. The second kappa shape index (κ2) is 8.61. The van der Waals surface area contributed by atoms with Crippen LogP contribution in [0.2, 0.25) is 5.02 Å². The Bertz CT molecular complexity index is 925. The second-order valence-electron chi connectivity index (χ2n) is 6.32. The van der Waals surface area contributed by atoms with Gasteiger partial charge in [0.2, 0.25) is 0 Å². The van der Waals surface area contributed by atoms with Crippen LogP contribution in [0.1, 0.15) is 26.0 Å². The molecule has 6 heteroatoms. The zero-order valence-corrected chi connectivity index (χ0v) is 16.8. The molecule has 144 valence electrons. The van der Waals surface area contributed by atoms with Crippen molar-refractivity contribution in [1.29, 1.82) is 0 Å². The van der Waals surface area contributed by atoms with Gasteiger partial charge in [-0.05, 0) is 50.1 Å². The van der Waals surface area contributed by atoms with Gasteiger partial charge in [0.15, 0.2) is 0 Å². The average molecular weight is 390 g/mol. The summed E-state index contributed by atoms with van der Waals surface area (Å²) in [6.07, 6.45) is 1.32. The molecule has 0 saturated carbocycles. The van der Waals surface area contributed by atoms with E-state index in [0.717, 1.165) is 46.9 Å². The van der Waals surface area contributed by atoms with Gasteiger partial charge >= 0.3 is 0 Å². The Morgan fingerprint density at radius 3 is 2.67 bits per heavy atom. The van der Waals surface area contributed by atoms with Crippen molar-refractivity contribution in [3.8, 4) is 17.0 Å². The van der Waals surface area contributed by atoms with Crippen molar-refractivity contribution in [3.63, 3.8) is 0 Å². The lowest BCUT2D eigenvalue weighted by Crippen LogP contribution is -2.25. The minimum absolute atomic E-state index is 0.316. The predicted molar refractivity (Wildman–Crippen MR) is 110 cm³/mol. The van der Waals surface area contributed by atoms with Gasteiger partial charge in [0.1, 0.15) is 5.75 Å². The summed E-state index contributed by atoms with van der Waals surface area (Å²) in [5, 5.41) is 5.47. The Kier molecular flexibility index (Phi) is 6.22. The van der Waals surface area contributed by atoms with Gasteiger partial charge in [0.05, 0.1) is 41.4 Å². The molecular formula is C21H25ClFN3O. The lowest BCUT2D eigenvalue weighted by molar-refractivity contribution is 0.415. The Hall–Kier alpha value is -2.27. The monoisotopic (exact) mass is 389 g/mol. The Morgan fingerprint density at radius 1 is 1.22 bits per heavy atom. The number of halogens is 2. The van der Waals surface area contributed by atoms with Crippen molar-refractivity contribution >= 4 is 22.8 Å². The third-order valence-corrected chi connectivity index (χ3v) is 5.06. The van der Waals surface area contributed by atoms with Gasteiger partial charge in [-0.2, -0.15) is 5.10 Å². The molecule has 0 bridgehead atoms. The SMILES string of the molecule is CCc1nn2c(-c3ccc(OC)cc3Cl)cccc2c1N(CC)CCCF. The fourth-order valence-electron chi connectivity index (χ4n) is 3.40. The van der Waals surface area contributed by atoms with Crippen molar-refractivity contribution in [3.05, 3.63) is 47.1 Å². The number of hydrogen-bond donors (Lipinski definition) is 0. The van der Waals surface area contributed by atoms with Gasteiger partial charge in [0, 0.05) is 18.7 Å². The molecule has 27 heavy (non-hydrogen) atoms. The summed E-state index contributed by atoms with van der Waals surface area (Å²) in [6.45, 7) is 5.35. The van der Waals surface area contributed by atoms with Crippen LogP contribution in [0.25, 0.3) is 16.8 Å². The molecule has 0 aliphatic carbocycles. The fraction of sp³-hybridized carbons (Fsp3) is 0.381. The Balaban J connectivity index is 2.17. The third-order valence-electron chi connectivity index (χ3n) is 4.75. The highest BCUT2D eigenvalue weighted by Crippen LogP contribution is 2.35. The molecule has 0 atom stereocenters. The molecule has 4 nitrogen and oxygen atoms in total. The molecule has 0 aliphatic rings. The number of nitrogens with zero attached hydrogens (tertiary/aromatic N) is 3. The summed E-state index contributed by atoms with van der Waals surface area (Å²) in [6, 6.07) is 11.7. The van der Waals surface area contributed by atoms with Crippen LogP contribution in [0.3, 0.4) is 0 Å². The topological polar surface area (TPSA) is 29.8 Å². The average Bonchev–Trinajstić information content (AvgIpc) is 3.07. The van der Waals surface area contributed by atoms with Crippen molar-refractivity contribution < 1.29 is 9.13 Å². The van der Waals surface area contributed by atoms with E-state index in [0.29, 0.717) is 18.0 Å².